The first kappa shape index (κ1) is 11.4. The van der Waals surface area contributed by atoms with Crippen LogP contribution in [0.4, 0.5) is 0 Å². The Morgan fingerprint density at radius 3 is 2.71 bits per heavy atom. The molecule has 0 fully saturated rings. The van der Waals surface area contributed by atoms with Crippen LogP contribution < -0.4 is 5.43 Å². The maximum absolute atomic E-state index is 11.7. The molecule has 4 heteroatoms. The average Bonchev–Trinajstić information content (AvgIpc) is 2.28. The monoisotopic (exact) mass is 232 g/mol. The lowest BCUT2D eigenvalue weighted by molar-refractivity contribution is 0.0342. The number of hydrogen-bond donors (Lipinski definition) is 0. The van der Waals surface area contributed by atoms with Crippen molar-refractivity contribution in [3.05, 3.63) is 46.3 Å². The fourth-order valence-corrected chi connectivity index (χ4v) is 1.48. The highest BCUT2D eigenvalue weighted by Crippen LogP contribution is 2.12. The molecule has 4 nitrogen and oxygen atoms in total. The summed E-state index contributed by atoms with van der Waals surface area (Å²) in [5.41, 5.74) is 0.137. The Morgan fingerprint density at radius 2 is 2.00 bits per heavy atom. The van der Waals surface area contributed by atoms with E-state index in [1.165, 1.54) is 0 Å². The fraction of sp³-hybridized carbons (Fsp3) is 0.231. The molecule has 0 aliphatic carbocycles. The van der Waals surface area contributed by atoms with E-state index in [0.29, 0.717) is 11.0 Å². The van der Waals surface area contributed by atoms with Crippen molar-refractivity contribution in [2.24, 2.45) is 0 Å². The second-order valence-electron chi connectivity index (χ2n) is 3.93. The van der Waals surface area contributed by atoms with Crippen LogP contribution in [0.3, 0.4) is 0 Å². The van der Waals surface area contributed by atoms with E-state index in [-0.39, 0.29) is 17.3 Å². The molecule has 0 amide bonds. The minimum Gasteiger partial charge on any atom is -0.457 e. The lowest BCUT2D eigenvalue weighted by Crippen LogP contribution is -2.14. The number of para-hydroxylation sites is 1. The van der Waals surface area contributed by atoms with Crippen LogP contribution in [0.2, 0.25) is 0 Å². The van der Waals surface area contributed by atoms with E-state index in [4.69, 9.17) is 9.15 Å². The van der Waals surface area contributed by atoms with Crippen molar-refractivity contribution in [3.8, 4) is 0 Å². The molecule has 0 spiro atoms. The van der Waals surface area contributed by atoms with Gasteiger partial charge in [-0.3, -0.25) is 4.79 Å². The largest absolute Gasteiger partial charge is 0.457 e. The van der Waals surface area contributed by atoms with Gasteiger partial charge in [-0.2, -0.15) is 0 Å². The molecule has 2 aromatic rings. The molecule has 0 aliphatic heterocycles. The normalized spacial score (nSPS) is 10.8. The van der Waals surface area contributed by atoms with Crippen LogP contribution in [0.25, 0.3) is 11.0 Å². The van der Waals surface area contributed by atoms with Crippen molar-refractivity contribution >= 4 is 16.9 Å². The van der Waals surface area contributed by atoms with Crippen molar-refractivity contribution in [1.82, 2.24) is 0 Å². The zero-order valence-electron chi connectivity index (χ0n) is 9.60. The highest BCUT2D eigenvalue weighted by molar-refractivity contribution is 5.88. The standard InChI is InChI=1S/C13H12O4/c1-8(2)16-13(15)12-7-10(14)9-5-3-4-6-11(9)17-12/h3-8H,1-2H3. The van der Waals surface area contributed by atoms with Crippen LogP contribution in [0.5, 0.6) is 0 Å². The lowest BCUT2D eigenvalue weighted by Gasteiger charge is -2.07. The summed E-state index contributed by atoms with van der Waals surface area (Å²) in [6.07, 6.45) is -0.251. The number of esters is 1. The van der Waals surface area contributed by atoms with Crippen molar-refractivity contribution in [2.75, 3.05) is 0 Å². The van der Waals surface area contributed by atoms with Crippen molar-refractivity contribution in [3.63, 3.8) is 0 Å². The summed E-state index contributed by atoms with van der Waals surface area (Å²) in [7, 11) is 0. The Kier molecular flexibility index (Phi) is 2.95. The van der Waals surface area contributed by atoms with Gasteiger partial charge in [-0.25, -0.2) is 4.79 Å². The lowest BCUT2D eigenvalue weighted by atomic mass is 10.2. The minimum atomic E-state index is -0.622. The van der Waals surface area contributed by atoms with Gasteiger partial charge in [0.1, 0.15) is 5.58 Å². The van der Waals surface area contributed by atoms with Crippen molar-refractivity contribution < 1.29 is 13.9 Å². The number of hydrogen-bond acceptors (Lipinski definition) is 4. The van der Waals surface area contributed by atoms with E-state index in [9.17, 15) is 9.59 Å². The smallest absolute Gasteiger partial charge is 0.374 e. The second-order valence-corrected chi connectivity index (χ2v) is 3.93. The summed E-state index contributed by atoms with van der Waals surface area (Å²) < 4.78 is 10.3. The van der Waals surface area contributed by atoms with Gasteiger partial charge >= 0.3 is 5.97 Å². The van der Waals surface area contributed by atoms with Gasteiger partial charge in [-0.15, -0.1) is 0 Å². The molecule has 0 saturated carbocycles. The first-order chi connectivity index (χ1) is 8.08. The Labute approximate surface area is 97.8 Å². The van der Waals surface area contributed by atoms with Crippen LogP contribution in [0, 0.1) is 0 Å². The van der Waals surface area contributed by atoms with Crippen LogP contribution in [-0.4, -0.2) is 12.1 Å². The third-order valence-electron chi connectivity index (χ3n) is 2.18. The summed E-state index contributed by atoms with van der Waals surface area (Å²) in [5.74, 6) is -0.690. The maximum atomic E-state index is 11.7. The molecule has 88 valence electrons. The molecule has 0 saturated heterocycles. The first-order valence-corrected chi connectivity index (χ1v) is 5.32. The van der Waals surface area contributed by atoms with E-state index in [1.807, 2.05) is 0 Å². The molecular formula is C13H12O4. The second kappa shape index (κ2) is 4.41. The number of carbonyl (C=O) groups is 1. The van der Waals surface area contributed by atoms with Crippen LogP contribution in [0.1, 0.15) is 24.4 Å². The average molecular weight is 232 g/mol. The van der Waals surface area contributed by atoms with Gasteiger partial charge in [-0.05, 0) is 26.0 Å². The van der Waals surface area contributed by atoms with E-state index in [2.05, 4.69) is 0 Å². The van der Waals surface area contributed by atoms with Gasteiger partial charge in [-0.1, -0.05) is 12.1 Å². The Hall–Kier alpha value is -2.10. The molecule has 1 aromatic carbocycles. The molecule has 0 atom stereocenters. The SMILES string of the molecule is CC(C)OC(=O)c1cc(=O)c2ccccc2o1. The summed E-state index contributed by atoms with van der Waals surface area (Å²) >= 11 is 0. The third kappa shape index (κ3) is 2.36. The molecule has 0 radical (unpaired) electrons. The highest BCUT2D eigenvalue weighted by atomic mass is 16.6. The van der Waals surface area contributed by atoms with Crippen molar-refractivity contribution in [1.29, 1.82) is 0 Å². The van der Waals surface area contributed by atoms with Gasteiger partial charge in [0.05, 0.1) is 11.5 Å². The fourth-order valence-electron chi connectivity index (χ4n) is 1.48. The predicted molar refractivity (Wildman–Crippen MR) is 63.0 cm³/mol. The molecule has 0 bridgehead atoms. The molecular weight excluding hydrogens is 220 g/mol. The van der Waals surface area contributed by atoms with E-state index >= 15 is 0 Å². The summed E-state index contributed by atoms with van der Waals surface area (Å²) in [5, 5.41) is 0.452. The number of carbonyl (C=O) groups excluding carboxylic acids is 1. The number of ether oxygens (including phenoxy) is 1. The molecule has 0 N–H and O–H groups in total. The third-order valence-corrected chi connectivity index (χ3v) is 2.18. The number of rotatable bonds is 2. The molecule has 17 heavy (non-hydrogen) atoms. The summed E-state index contributed by atoms with van der Waals surface area (Å²) in [6.45, 7) is 3.47. The Morgan fingerprint density at radius 1 is 1.29 bits per heavy atom. The van der Waals surface area contributed by atoms with E-state index in [1.54, 1.807) is 38.1 Å². The number of fused-ring (bicyclic) bond motifs is 1. The zero-order valence-corrected chi connectivity index (χ0v) is 9.60. The maximum Gasteiger partial charge on any atom is 0.374 e. The summed E-state index contributed by atoms with van der Waals surface area (Å²) in [4.78, 5) is 23.3. The number of benzene rings is 1. The first-order valence-electron chi connectivity index (χ1n) is 5.32. The Balaban J connectivity index is 2.50. The van der Waals surface area contributed by atoms with Gasteiger partial charge < -0.3 is 9.15 Å². The van der Waals surface area contributed by atoms with Gasteiger partial charge in [0.15, 0.2) is 5.43 Å². The van der Waals surface area contributed by atoms with Crippen molar-refractivity contribution in [2.45, 2.75) is 20.0 Å². The molecule has 0 unspecified atom stereocenters. The minimum absolute atomic E-state index is 0.0672. The van der Waals surface area contributed by atoms with Crippen LogP contribution in [0.15, 0.2) is 39.5 Å². The van der Waals surface area contributed by atoms with Crippen LogP contribution >= 0.6 is 0 Å². The Bertz CT molecular complexity index is 610. The molecule has 2 rings (SSSR count). The molecule has 1 heterocycles. The van der Waals surface area contributed by atoms with Gasteiger partial charge in [0.2, 0.25) is 5.76 Å². The topological polar surface area (TPSA) is 56.5 Å². The summed E-state index contributed by atoms with van der Waals surface area (Å²) in [6, 6.07) is 7.93. The highest BCUT2D eigenvalue weighted by Gasteiger charge is 2.14. The van der Waals surface area contributed by atoms with E-state index in [0.717, 1.165) is 6.07 Å². The molecule has 0 aliphatic rings. The van der Waals surface area contributed by atoms with E-state index < -0.39 is 5.97 Å². The van der Waals surface area contributed by atoms with Gasteiger partial charge in [0, 0.05) is 6.07 Å². The zero-order chi connectivity index (χ0) is 12.4. The van der Waals surface area contributed by atoms with Gasteiger partial charge in [0.25, 0.3) is 0 Å². The quantitative estimate of drug-likeness (QED) is 0.746. The predicted octanol–water partition coefficient (Wildman–Crippen LogP) is 2.36. The van der Waals surface area contributed by atoms with Crippen LogP contribution in [-0.2, 0) is 4.74 Å². The molecule has 1 aromatic heterocycles.